The number of aromatic amines is 1. The van der Waals surface area contributed by atoms with E-state index >= 15 is 0 Å². The number of ketones is 1. The van der Waals surface area contributed by atoms with E-state index in [2.05, 4.69) is 17.2 Å². The molecule has 0 radical (unpaired) electrons. The van der Waals surface area contributed by atoms with Crippen molar-refractivity contribution in [2.75, 3.05) is 0 Å². The van der Waals surface area contributed by atoms with Crippen LogP contribution in [-0.4, -0.2) is 15.6 Å². The van der Waals surface area contributed by atoms with Crippen LogP contribution in [-0.2, 0) is 13.0 Å². The van der Waals surface area contributed by atoms with E-state index < -0.39 is 0 Å². The molecule has 20 heavy (non-hydrogen) atoms. The van der Waals surface area contributed by atoms with Gasteiger partial charge in [-0.3, -0.25) is 19.4 Å². The van der Waals surface area contributed by atoms with Crippen molar-refractivity contribution >= 4 is 5.78 Å². The monoisotopic (exact) mass is 272 g/mol. The predicted molar refractivity (Wildman–Crippen MR) is 79.2 cm³/mol. The highest BCUT2D eigenvalue weighted by Crippen LogP contribution is 2.06. The molecule has 0 aliphatic heterocycles. The molecule has 0 unspecified atom stereocenters. The summed E-state index contributed by atoms with van der Waals surface area (Å²) in [6.07, 6.45) is 2.94. The number of nitrogens with one attached hydrogen (secondary N) is 1. The molecule has 0 atom stereocenters. The average molecular weight is 272 g/mol. The van der Waals surface area contributed by atoms with Gasteiger partial charge < -0.3 is 0 Å². The maximum absolute atomic E-state index is 12.0. The Morgan fingerprint density at radius 3 is 2.50 bits per heavy atom. The van der Waals surface area contributed by atoms with Crippen molar-refractivity contribution in [3.05, 3.63) is 57.5 Å². The second kappa shape index (κ2) is 6.37. The Balaban J connectivity index is 1.91. The van der Waals surface area contributed by atoms with Crippen molar-refractivity contribution in [1.82, 2.24) is 9.78 Å². The van der Waals surface area contributed by atoms with Gasteiger partial charge in [0.2, 0.25) is 0 Å². The molecular formula is C16H20N2O2. The van der Waals surface area contributed by atoms with Crippen molar-refractivity contribution in [2.24, 2.45) is 0 Å². The molecule has 1 heterocycles. The number of H-pyrrole nitrogens is 1. The highest BCUT2D eigenvalue weighted by atomic mass is 16.2. The fourth-order valence-corrected chi connectivity index (χ4v) is 2.42. The zero-order chi connectivity index (χ0) is 14.5. The van der Waals surface area contributed by atoms with Crippen molar-refractivity contribution in [1.29, 1.82) is 0 Å². The Kier molecular flexibility index (Phi) is 4.56. The van der Waals surface area contributed by atoms with Crippen LogP contribution in [0.15, 0.2) is 35.1 Å². The molecule has 0 fully saturated rings. The molecule has 0 saturated heterocycles. The van der Waals surface area contributed by atoms with Crippen molar-refractivity contribution in [3.8, 4) is 0 Å². The first kappa shape index (κ1) is 14.3. The summed E-state index contributed by atoms with van der Waals surface area (Å²) in [6, 6.07) is 10.3. The number of carbonyl (C=O) groups excluding carboxylic acids is 1. The molecule has 0 aliphatic rings. The van der Waals surface area contributed by atoms with E-state index in [-0.39, 0.29) is 16.9 Å². The Hall–Kier alpha value is -2.10. The summed E-state index contributed by atoms with van der Waals surface area (Å²) in [5.74, 6) is -0.174. The van der Waals surface area contributed by atoms with Gasteiger partial charge in [-0.2, -0.15) is 0 Å². The lowest BCUT2D eigenvalue weighted by Gasteiger charge is -2.02. The van der Waals surface area contributed by atoms with E-state index in [1.165, 1.54) is 17.2 Å². The van der Waals surface area contributed by atoms with Crippen LogP contribution < -0.4 is 5.56 Å². The second-order valence-electron chi connectivity index (χ2n) is 5.07. The molecule has 2 rings (SSSR count). The second-order valence-corrected chi connectivity index (χ2v) is 5.07. The zero-order valence-corrected chi connectivity index (χ0v) is 12.0. The fourth-order valence-electron chi connectivity index (χ4n) is 2.42. The summed E-state index contributed by atoms with van der Waals surface area (Å²) in [7, 11) is 0. The average Bonchev–Trinajstić information content (AvgIpc) is 2.71. The van der Waals surface area contributed by atoms with Gasteiger partial charge in [-0.15, -0.1) is 0 Å². The van der Waals surface area contributed by atoms with Crippen LogP contribution in [0.1, 0.15) is 41.4 Å². The SMILES string of the molecule is CC(=O)c1c(C)[nH]n(CCCCc2ccccc2)c1=O. The lowest BCUT2D eigenvalue weighted by atomic mass is 10.1. The number of aromatic nitrogens is 2. The molecule has 4 nitrogen and oxygen atoms in total. The fraction of sp³-hybridized carbons (Fsp3) is 0.375. The smallest absolute Gasteiger partial charge is 0.277 e. The molecule has 0 saturated carbocycles. The molecule has 0 bridgehead atoms. The van der Waals surface area contributed by atoms with Crippen LogP contribution in [0.2, 0.25) is 0 Å². The van der Waals surface area contributed by atoms with Crippen LogP contribution in [0.4, 0.5) is 0 Å². The number of hydrogen-bond donors (Lipinski definition) is 1. The minimum Gasteiger partial charge on any atom is -0.299 e. The number of carbonyl (C=O) groups is 1. The minimum absolute atomic E-state index is 0.174. The van der Waals surface area contributed by atoms with Crippen LogP contribution in [0.3, 0.4) is 0 Å². The molecule has 4 heteroatoms. The van der Waals surface area contributed by atoms with Gasteiger partial charge in [0.05, 0.1) is 0 Å². The Labute approximate surface area is 118 Å². The first-order valence-corrected chi connectivity index (χ1v) is 6.94. The summed E-state index contributed by atoms with van der Waals surface area (Å²) >= 11 is 0. The number of benzene rings is 1. The van der Waals surface area contributed by atoms with Gasteiger partial charge in [0.15, 0.2) is 5.78 Å². The van der Waals surface area contributed by atoms with Crippen molar-refractivity contribution < 1.29 is 4.79 Å². The largest absolute Gasteiger partial charge is 0.299 e. The number of Topliss-reactive ketones (excluding diaryl/α,β-unsaturated/α-hetero) is 1. The van der Waals surface area contributed by atoms with Gasteiger partial charge in [0.25, 0.3) is 5.56 Å². The Morgan fingerprint density at radius 1 is 1.20 bits per heavy atom. The summed E-state index contributed by atoms with van der Waals surface area (Å²) in [6.45, 7) is 3.82. The van der Waals surface area contributed by atoms with Gasteiger partial charge in [-0.05, 0) is 38.7 Å². The van der Waals surface area contributed by atoms with Crippen LogP contribution in [0.5, 0.6) is 0 Å². The molecular weight excluding hydrogens is 252 g/mol. The molecule has 1 aromatic heterocycles. The number of aryl methyl sites for hydroxylation is 3. The molecule has 1 aromatic carbocycles. The van der Waals surface area contributed by atoms with E-state index in [1.807, 2.05) is 18.2 Å². The lowest BCUT2D eigenvalue weighted by Crippen LogP contribution is -2.21. The van der Waals surface area contributed by atoms with Crippen LogP contribution >= 0.6 is 0 Å². The Bertz CT molecular complexity index is 638. The molecule has 1 N–H and O–H groups in total. The van der Waals surface area contributed by atoms with E-state index in [0.717, 1.165) is 19.3 Å². The van der Waals surface area contributed by atoms with Gasteiger partial charge in [-0.1, -0.05) is 30.3 Å². The van der Waals surface area contributed by atoms with Crippen LogP contribution in [0.25, 0.3) is 0 Å². The quantitative estimate of drug-likeness (QED) is 0.649. The molecule has 0 amide bonds. The molecule has 0 aliphatic carbocycles. The first-order chi connectivity index (χ1) is 9.59. The highest BCUT2D eigenvalue weighted by molar-refractivity contribution is 5.94. The van der Waals surface area contributed by atoms with Crippen molar-refractivity contribution in [3.63, 3.8) is 0 Å². The van der Waals surface area contributed by atoms with E-state index in [9.17, 15) is 9.59 Å². The maximum atomic E-state index is 12.0. The van der Waals surface area contributed by atoms with Gasteiger partial charge in [-0.25, -0.2) is 0 Å². The molecule has 106 valence electrons. The van der Waals surface area contributed by atoms with E-state index in [4.69, 9.17) is 0 Å². The molecule has 0 spiro atoms. The third-order valence-electron chi connectivity index (χ3n) is 3.43. The zero-order valence-electron chi connectivity index (χ0n) is 12.0. The normalized spacial score (nSPS) is 10.7. The molecule has 2 aromatic rings. The highest BCUT2D eigenvalue weighted by Gasteiger charge is 2.14. The summed E-state index contributed by atoms with van der Waals surface area (Å²) in [4.78, 5) is 23.4. The Morgan fingerprint density at radius 2 is 1.90 bits per heavy atom. The van der Waals surface area contributed by atoms with E-state index in [0.29, 0.717) is 12.2 Å². The maximum Gasteiger partial charge on any atom is 0.277 e. The third kappa shape index (κ3) is 3.26. The summed E-state index contributed by atoms with van der Waals surface area (Å²) in [5.41, 5.74) is 2.06. The first-order valence-electron chi connectivity index (χ1n) is 6.94. The topological polar surface area (TPSA) is 54.9 Å². The number of unbranched alkanes of at least 4 members (excludes halogenated alkanes) is 1. The lowest BCUT2D eigenvalue weighted by molar-refractivity contribution is 0.101. The summed E-state index contributed by atoms with van der Waals surface area (Å²) < 4.78 is 1.54. The van der Waals surface area contributed by atoms with Crippen LogP contribution in [0, 0.1) is 6.92 Å². The third-order valence-corrected chi connectivity index (χ3v) is 3.43. The minimum atomic E-state index is -0.199. The summed E-state index contributed by atoms with van der Waals surface area (Å²) in [5, 5.41) is 2.98. The van der Waals surface area contributed by atoms with Crippen molar-refractivity contribution in [2.45, 2.75) is 39.7 Å². The van der Waals surface area contributed by atoms with Gasteiger partial charge in [0, 0.05) is 12.2 Å². The van der Waals surface area contributed by atoms with Gasteiger partial charge >= 0.3 is 0 Å². The van der Waals surface area contributed by atoms with E-state index in [1.54, 1.807) is 6.92 Å². The number of nitrogens with zero attached hydrogens (tertiary/aromatic N) is 1. The predicted octanol–water partition coefficient (Wildman–Crippen LogP) is 2.71. The number of rotatable bonds is 6. The van der Waals surface area contributed by atoms with Gasteiger partial charge in [0.1, 0.15) is 5.56 Å². The number of hydrogen-bond acceptors (Lipinski definition) is 2. The standard InChI is InChI=1S/C16H20N2O2/c1-12-15(13(2)19)16(20)18(17-12)11-7-6-10-14-8-4-3-5-9-14/h3-5,8-9,17H,6-7,10-11H2,1-2H3.